The topological polar surface area (TPSA) is 26.3 Å². The van der Waals surface area contributed by atoms with E-state index in [2.05, 4.69) is 19.1 Å². The molecule has 0 radical (unpaired) electrons. The Bertz CT molecular complexity index is 361. The first-order valence-corrected chi connectivity index (χ1v) is 6.43. The second-order valence-corrected chi connectivity index (χ2v) is 4.87. The second-order valence-electron chi connectivity index (χ2n) is 4.87. The van der Waals surface area contributed by atoms with Crippen LogP contribution in [0.15, 0.2) is 24.3 Å². The van der Waals surface area contributed by atoms with Crippen molar-refractivity contribution in [1.82, 2.24) is 0 Å². The lowest BCUT2D eigenvalue weighted by Crippen LogP contribution is -2.10. The monoisotopic (exact) mass is 232 g/mol. The maximum atomic E-state index is 11.8. The first-order valence-electron chi connectivity index (χ1n) is 6.43. The van der Waals surface area contributed by atoms with Crippen molar-refractivity contribution in [3.63, 3.8) is 0 Å². The second kappa shape index (κ2) is 5.97. The fraction of sp³-hybridized carbons (Fsp3) is 0.533. The third-order valence-electron chi connectivity index (χ3n) is 3.29. The van der Waals surface area contributed by atoms with E-state index in [4.69, 9.17) is 4.74 Å². The highest BCUT2D eigenvalue weighted by Crippen LogP contribution is 2.17. The molecule has 0 bridgehead atoms. The fourth-order valence-electron chi connectivity index (χ4n) is 2.22. The van der Waals surface area contributed by atoms with Crippen LogP contribution >= 0.6 is 0 Å². The van der Waals surface area contributed by atoms with Gasteiger partial charge in [0.25, 0.3) is 0 Å². The van der Waals surface area contributed by atoms with Crippen molar-refractivity contribution < 1.29 is 9.53 Å². The van der Waals surface area contributed by atoms with Crippen molar-refractivity contribution in [2.75, 3.05) is 6.61 Å². The summed E-state index contributed by atoms with van der Waals surface area (Å²) in [6, 6.07) is 8.20. The Morgan fingerprint density at radius 1 is 1.35 bits per heavy atom. The van der Waals surface area contributed by atoms with E-state index in [0.717, 1.165) is 31.4 Å². The van der Waals surface area contributed by atoms with Crippen LogP contribution in [0.4, 0.5) is 0 Å². The molecule has 1 aliphatic heterocycles. The number of ketones is 1. The maximum Gasteiger partial charge on any atom is 0.137 e. The summed E-state index contributed by atoms with van der Waals surface area (Å²) in [5, 5.41) is 0. The van der Waals surface area contributed by atoms with Gasteiger partial charge in [-0.25, -0.2) is 0 Å². The van der Waals surface area contributed by atoms with Crippen molar-refractivity contribution >= 4 is 5.78 Å². The molecule has 1 heterocycles. The molecule has 0 saturated carbocycles. The highest BCUT2D eigenvalue weighted by Gasteiger charge is 2.16. The number of carbonyl (C=O) groups is 1. The predicted octanol–water partition coefficient (Wildman–Crippen LogP) is 3.07. The molecule has 1 saturated heterocycles. The normalized spacial score (nSPS) is 19.5. The molecule has 0 aromatic heterocycles. The number of hydrogen-bond acceptors (Lipinski definition) is 2. The van der Waals surface area contributed by atoms with Crippen LogP contribution in [-0.4, -0.2) is 18.5 Å². The largest absolute Gasteiger partial charge is 0.378 e. The molecule has 0 spiro atoms. The quantitative estimate of drug-likeness (QED) is 0.780. The molecule has 2 rings (SSSR count). The highest BCUT2D eigenvalue weighted by molar-refractivity contribution is 5.80. The average Bonchev–Trinajstić information content (AvgIpc) is 2.83. The van der Waals surface area contributed by atoms with E-state index in [1.54, 1.807) is 0 Å². The highest BCUT2D eigenvalue weighted by atomic mass is 16.5. The Labute approximate surface area is 103 Å². The molecule has 0 N–H and O–H groups in total. The van der Waals surface area contributed by atoms with E-state index in [9.17, 15) is 4.79 Å². The van der Waals surface area contributed by atoms with Gasteiger partial charge in [0.2, 0.25) is 0 Å². The van der Waals surface area contributed by atoms with E-state index < -0.39 is 0 Å². The van der Waals surface area contributed by atoms with Crippen LogP contribution in [-0.2, 0) is 16.0 Å². The van der Waals surface area contributed by atoms with E-state index >= 15 is 0 Å². The minimum atomic E-state index is 0.323. The smallest absolute Gasteiger partial charge is 0.137 e. The van der Waals surface area contributed by atoms with Gasteiger partial charge in [-0.1, -0.05) is 29.8 Å². The van der Waals surface area contributed by atoms with Gasteiger partial charge < -0.3 is 4.74 Å². The molecule has 1 unspecified atom stereocenters. The molecule has 1 aromatic rings. The van der Waals surface area contributed by atoms with Crippen LogP contribution in [0.1, 0.15) is 36.8 Å². The summed E-state index contributed by atoms with van der Waals surface area (Å²) >= 11 is 0. The first kappa shape index (κ1) is 12.3. The molecule has 2 heteroatoms. The molecule has 92 valence electrons. The lowest BCUT2D eigenvalue weighted by Gasteiger charge is -2.08. The first-order chi connectivity index (χ1) is 8.24. The van der Waals surface area contributed by atoms with Crippen molar-refractivity contribution in [1.29, 1.82) is 0 Å². The fourth-order valence-corrected chi connectivity index (χ4v) is 2.22. The Morgan fingerprint density at radius 2 is 2.12 bits per heavy atom. The number of aryl methyl sites for hydroxylation is 1. The molecule has 0 amide bonds. The average molecular weight is 232 g/mol. The molecule has 17 heavy (non-hydrogen) atoms. The van der Waals surface area contributed by atoms with Gasteiger partial charge in [-0.3, -0.25) is 4.79 Å². The maximum absolute atomic E-state index is 11.8. The number of rotatable bonds is 5. The summed E-state index contributed by atoms with van der Waals surface area (Å²) < 4.78 is 5.52. The van der Waals surface area contributed by atoms with Gasteiger partial charge in [-0.2, -0.15) is 0 Å². The zero-order valence-electron chi connectivity index (χ0n) is 10.4. The van der Waals surface area contributed by atoms with Crippen LogP contribution in [0, 0.1) is 6.92 Å². The summed E-state index contributed by atoms with van der Waals surface area (Å²) in [6.45, 7) is 2.93. The molecular weight excluding hydrogens is 212 g/mol. The lowest BCUT2D eigenvalue weighted by atomic mass is 10.0. The summed E-state index contributed by atoms with van der Waals surface area (Å²) in [4.78, 5) is 11.8. The van der Waals surface area contributed by atoms with Gasteiger partial charge in [0.05, 0.1) is 6.10 Å². The third-order valence-corrected chi connectivity index (χ3v) is 3.29. The van der Waals surface area contributed by atoms with Gasteiger partial charge in [-0.05, 0) is 31.7 Å². The van der Waals surface area contributed by atoms with Crippen molar-refractivity contribution in [2.45, 2.75) is 45.1 Å². The minimum Gasteiger partial charge on any atom is -0.378 e. The Hall–Kier alpha value is -1.15. The molecule has 0 aliphatic carbocycles. The molecule has 1 fully saturated rings. The SMILES string of the molecule is Cc1ccc(CC(=O)CCC2CCCO2)cc1. The number of ether oxygens (including phenoxy) is 1. The number of carbonyl (C=O) groups excluding carboxylic acids is 1. The van der Waals surface area contributed by atoms with Gasteiger partial charge in [0, 0.05) is 19.4 Å². The number of benzene rings is 1. The van der Waals surface area contributed by atoms with E-state index in [1.807, 2.05) is 12.1 Å². The standard InChI is InChI=1S/C15H20O2/c1-12-4-6-13(7-5-12)11-14(16)8-9-15-3-2-10-17-15/h4-7,15H,2-3,8-11H2,1H3. The van der Waals surface area contributed by atoms with Crippen LogP contribution in [0.25, 0.3) is 0 Å². The Morgan fingerprint density at radius 3 is 2.76 bits per heavy atom. The van der Waals surface area contributed by atoms with Gasteiger partial charge >= 0.3 is 0 Å². The van der Waals surface area contributed by atoms with Crippen LogP contribution in [0.5, 0.6) is 0 Å². The predicted molar refractivity (Wildman–Crippen MR) is 68.1 cm³/mol. The van der Waals surface area contributed by atoms with Gasteiger partial charge in [-0.15, -0.1) is 0 Å². The zero-order valence-corrected chi connectivity index (χ0v) is 10.4. The summed E-state index contributed by atoms with van der Waals surface area (Å²) in [7, 11) is 0. The molecular formula is C15H20O2. The molecule has 1 aromatic carbocycles. The van der Waals surface area contributed by atoms with Crippen molar-refractivity contribution in [3.05, 3.63) is 35.4 Å². The van der Waals surface area contributed by atoms with E-state index in [-0.39, 0.29) is 0 Å². The molecule has 2 nitrogen and oxygen atoms in total. The number of Topliss-reactive ketones (excluding diaryl/α,β-unsaturated/α-hetero) is 1. The lowest BCUT2D eigenvalue weighted by molar-refractivity contribution is -0.119. The van der Waals surface area contributed by atoms with E-state index in [1.165, 1.54) is 5.56 Å². The van der Waals surface area contributed by atoms with E-state index in [0.29, 0.717) is 24.7 Å². The third kappa shape index (κ3) is 3.97. The van der Waals surface area contributed by atoms with Gasteiger partial charge in [0.15, 0.2) is 0 Å². The number of hydrogen-bond donors (Lipinski definition) is 0. The van der Waals surface area contributed by atoms with Crippen LogP contribution < -0.4 is 0 Å². The zero-order chi connectivity index (χ0) is 12.1. The summed E-state index contributed by atoms with van der Waals surface area (Å²) in [6.07, 6.45) is 4.71. The van der Waals surface area contributed by atoms with Crippen molar-refractivity contribution in [3.8, 4) is 0 Å². The Balaban J connectivity index is 1.74. The van der Waals surface area contributed by atoms with Crippen molar-refractivity contribution in [2.24, 2.45) is 0 Å². The molecule has 1 aliphatic rings. The van der Waals surface area contributed by atoms with Crippen LogP contribution in [0.3, 0.4) is 0 Å². The Kier molecular flexibility index (Phi) is 4.32. The molecule has 1 atom stereocenters. The summed E-state index contributed by atoms with van der Waals surface area (Å²) in [5.41, 5.74) is 2.36. The van der Waals surface area contributed by atoms with Crippen LogP contribution in [0.2, 0.25) is 0 Å². The minimum absolute atomic E-state index is 0.323. The van der Waals surface area contributed by atoms with Gasteiger partial charge in [0.1, 0.15) is 5.78 Å². The summed E-state index contributed by atoms with van der Waals surface area (Å²) in [5.74, 6) is 0.323.